The van der Waals surface area contributed by atoms with Gasteiger partial charge in [0, 0.05) is 43.7 Å². The molecule has 5 rings (SSSR count). The van der Waals surface area contributed by atoms with Crippen LogP contribution in [0.3, 0.4) is 0 Å². The van der Waals surface area contributed by atoms with E-state index in [0.29, 0.717) is 6.54 Å². The molecule has 7 nitrogen and oxygen atoms in total. The molecular formula is C31H41N5O2. The average molecular weight is 516 g/mol. The number of hydrogen-bond donors (Lipinski definition) is 1. The number of rotatable bonds is 8. The van der Waals surface area contributed by atoms with Gasteiger partial charge in [-0.05, 0) is 44.4 Å². The molecular weight excluding hydrogens is 474 g/mol. The Hall–Kier alpha value is -3.32. The monoisotopic (exact) mass is 515 g/mol. The van der Waals surface area contributed by atoms with Gasteiger partial charge in [0.05, 0.1) is 25.0 Å². The van der Waals surface area contributed by atoms with Gasteiger partial charge in [0.1, 0.15) is 11.4 Å². The fourth-order valence-corrected chi connectivity index (χ4v) is 5.80. The SMILES string of the molecule is COc1ccccc1-n1nc(CN(C(=O)NC2CCCCC2)C(C)C)c2c1CCN(Cc1ccccc1)C2. The van der Waals surface area contributed by atoms with Gasteiger partial charge in [0.25, 0.3) is 0 Å². The number of methoxy groups -OCH3 is 1. The molecule has 0 spiro atoms. The molecule has 2 aromatic carbocycles. The average Bonchev–Trinajstić information content (AvgIpc) is 3.30. The Bertz CT molecular complexity index is 1220. The molecule has 1 aliphatic carbocycles. The number of nitrogens with one attached hydrogen (secondary N) is 1. The third-order valence-electron chi connectivity index (χ3n) is 7.92. The number of hydrogen-bond acceptors (Lipinski definition) is 4. The first-order chi connectivity index (χ1) is 18.5. The van der Waals surface area contributed by atoms with Crippen molar-refractivity contribution in [3.05, 3.63) is 77.1 Å². The van der Waals surface area contributed by atoms with Crippen LogP contribution in [0.15, 0.2) is 54.6 Å². The standard InChI is InChI=1S/C31H41N5O2/c1-23(2)35(31(37)32-25-14-8-5-9-15-25)22-27-26-21-34(20-24-12-6-4-7-13-24)19-18-28(26)36(33-27)29-16-10-11-17-30(29)38-3/h4,6-7,10-13,16-17,23,25H,5,8-9,14-15,18-22H2,1-3H3,(H,32,37). The molecule has 1 fully saturated rings. The van der Waals surface area contributed by atoms with Crippen molar-refractivity contribution in [3.8, 4) is 11.4 Å². The van der Waals surface area contributed by atoms with E-state index in [0.717, 1.165) is 56.0 Å². The van der Waals surface area contributed by atoms with E-state index < -0.39 is 0 Å². The highest BCUT2D eigenvalue weighted by Gasteiger charge is 2.30. The summed E-state index contributed by atoms with van der Waals surface area (Å²) < 4.78 is 7.75. The van der Waals surface area contributed by atoms with Crippen molar-refractivity contribution >= 4 is 6.03 Å². The first-order valence-electron chi connectivity index (χ1n) is 14.1. The molecule has 1 saturated carbocycles. The van der Waals surface area contributed by atoms with Gasteiger partial charge in [-0.15, -0.1) is 0 Å². The van der Waals surface area contributed by atoms with Gasteiger partial charge in [0.2, 0.25) is 0 Å². The van der Waals surface area contributed by atoms with E-state index in [4.69, 9.17) is 9.84 Å². The maximum absolute atomic E-state index is 13.5. The van der Waals surface area contributed by atoms with Crippen LogP contribution in [0, 0.1) is 0 Å². The van der Waals surface area contributed by atoms with Crippen molar-refractivity contribution in [2.45, 2.75) is 84.1 Å². The van der Waals surface area contributed by atoms with Crippen LogP contribution in [0.5, 0.6) is 5.75 Å². The summed E-state index contributed by atoms with van der Waals surface area (Å²) in [4.78, 5) is 17.9. The highest BCUT2D eigenvalue weighted by Crippen LogP contribution is 2.31. The number of benzene rings is 2. The topological polar surface area (TPSA) is 62.6 Å². The van der Waals surface area contributed by atoms with Crippen molar-refractivity contribution in [1.82, 2.24) is 24.9 Å². The lowest BCUT2D eigenvalue weighted by Gasteiger charge is -2.31. The zero-order chi connectivity index (χ0) is 26.5. The number of carbonyl (C=O) groups is 1. The Kier molecular flexibility index (Phi) is 8.32. The van der Waals surface area contributed by atoms with Crippen LogP contribution in [0.25, 0.3) is 5.69 Å². The van der Waals surface area contributed by atoms with Crippen LogP contribution in [0.1, 0.15) is 68.5 Å². The van der Waals surface area contributed by atoms with E-state index in [1.54, 1.807) is 7.11 Å². The summed E-state index contributed by atoms with van der Waals surface area (Å²) in [6.45, 7) is 7.33. The minimum absolute atomic E-state index is 0.0180. The summed E-state index contributed by atoms with van der Waals surface area (Å²) >= 11 is 0. The maximum Gasteiger partial charge on any atom is 0.318 e. The van der Waals surface area contributed by atoms with Crippen molar-refractivity contribution in [2.24, 2.45) is 0 Å². The predicted octanol–water partition coefficient (Wildman–Crippen LogP) is 5.69. The zero-order valence-corrected chi connectivity index (χ0v) is 23.0. The van der Waals surface area contributed by atoms with E-state index in [1.165, 1.54) is 36.1 Å². The second-order valence-electron chi connectivity index (χ2n) is 10.9. The molecule has 202 valence electrons. The summed E-state index contributed by atoms with van der Waals surface area (Å²) in [5.41, 5.74) is 5.66. The van der Waals surface area contributed by atoms with Crippen molar-refractivity contribution in [2.75, 3.05) is 13.7 Å². The molecule has 0 saturated heterocycles. The number of ether oxygens (including phenoxy) is 1. The van der Waals surface area contributed by atoms with E-state index in [2.05, 4.69) is 65.1 Å². The lowest BCUT2D eigenvalue weighted by molar-refractivity contribution is 0.171. The van der Waals surface area contributed by atoms with Crippen LogP contribution < -0.4 is 10.1 Å². The molecule has 3 aromatic rings. The molecule has 0 atom stereocenters. The minimum Gasteiger partial charge on any atom is -0.494 e. The molecule has 38 heavy (non-hydrogen) atoms. The second kappa shape index (κ2) is 12.0. The van der Waals surface area contributed by atoms with Crippen LogP contribution in [0.4, 0.5) is 4.79 Å². The second-order valence-corrected chi connectivity index (χ2v) is 10.9. The van der Waals surface area contributed by atoms with E-state index in [-0.39, 0.29) is 18.1 Å². The van der Waals surface area contributed by atoms with Crippen molar-refractivity contribution in [3.63, 3.8) is 0 Å². The summed E-state index contributed by atoms with van der Waals surface area (Å²) in [5.74, 6) is 0.798. The number of amides is 2. The Morgan fingerprint density at radius 3 is 2.55 bits per heavy atom. The molecule has 2 heterocycles. The summed E-state index contributed by atoms with van der Waals surface area (Å²) in [6.07, 6.45) is 6.70. The highest BCUT2D eigenvalue weighted by atomic mass is 16.5. The fraction of sp³-hybridized carbons (Fsp3) is 0.484. The molecule has 1 N–H and O–H groups in total. The lowest BCUT2D eigenvalue weighted by Crippen LogP contribution is -2.48. The van der Waals surface area contributed by atoms with Gasteiger partial charge < -0.3 is 15.0 Å². The van der Waals surface area contributed by atoms with Crippen LogP contribution in [-0.2, 0) is 26.1 Å². The highest BCUT2D eigenvalue weighted by molar-refractivity contribution is 5.75. The smallest absolute Gasteiger partial charge is 0.318 e. The molecule has 2 aliphatic rings. The number of nitrogens with zero attached hydrogens (tertiary/aromatic N) is 4. The molecule has 0 unspecified atom stereocenters. The van der Waals surface area contributed by atoms with Gasteiger partial charge in [-0.3, -0.25) is 4.90 Å². The largest absolute Gasteiger partial charge is 0.494 e. The minimum atomic E-state index is 0.0180. The fourth-order valence-electron chi connectivity index (χ4n) is 5.80. The lowest BCUT2D eigenvalue weighted by atomic mass is 9.96. The quantitative estimate of drug-likeness (QED) is 0.419. The molecule has 0 bridgehead atoms. The number of urea groups is 1. The molecule has 1 aliphatic heterocycles. The van der Waals surface area contributed by atoms with Gasteiger partial charge in [-0.2, -0.15) is 5.10 Å². The number of para-hydroxylation sites is 2. The van der Waals surface area contributed by atoms with Gasteiger partial charge in [0.15, 0.2) is 0 Å². The summed E-state index contributed by atoms with van der Waals surface area (Å²) in [6, 6.07) is 19.0. The van der Waals surface area contributed by atoms with E-state index in [1.807, 2.05) is 23.1 Å². The third kappa shape index (κ3) is 5.88. The molecule has 1 aromatic heterocycles. The number of fused-ring (bicyclic) bond motifs is 1. The van der Waals surface area contributed by atoms with E-state index >= 15 is 0 Å². The first-order valence-corrected chi connectivity index (χ1v) is 14.1. The van der Waals surface area contributed by atoms with Crippen molar-refractivity contribution in [1.29, 1.82) is 0 Å². The summed E-state index contributed by atoms with van der Waals surface area (Å²) in [7, 11) is 1.70. The Morgan fingerprint density at radius 1 is 1.08 bits per heavy atom. The van der Waals surface area contributed by atoms with Crippen LogP contribution in [-0.4, -0.2) is 51.3 Å². The van der Waals surface area contributed by atoms with Crippen LogP contribution in [0.2, 0.25) is 0 Å². The Labute approximate surface area is 226 Å². The predicted molar refractivity (Wildman–Crippen MR) is 150 cm³/mol. The molecule has 7 heteroatoms. The molecule has 2 amide bonds. The number of carbonyl (C=O) groups excluding carboxylic acids is 1. The zero-order valence-electron chi connectivity index (χ0n) is 23.0. The van der Waals surface area contributed by atoms with Gasteiger partial charge in [-0.1, -0.05) is 61.7 Å². The first kappa shape index (κ1) is 26.3. The number of aromatic nitrogens is 2. The van der Waals surface area contributed by atoms with E-state index in [9.17, 15) is 4.79 Å². The van der Waals surface area contributed by atoms with Crippen LogP contribution >= 0.6 is 0 Å². The van der Waals surface area contributed by atoms with Gasteiger partial charge >= 0.3 is 6.03 Å². The Morgan fingerprint density at radius 2 is 1.82 bits per heavy atom. The molecule has 0 radical (unpaired) electrons. The third-order valence-corrected chi connectivity index (χ3v) is 7.92. The summed E-state index contributed by atoms with van der Waals surface area (Å²) in [5, 5.41) is 8.47. The van der Waals surface area contributed by atoms with Crippen molar-refractivity contribution < 1.29 is 9.53 Å². The normalized spacial score (nSPS) is 16.3. The Balaban J connectivity index is 1.45. The van der Waals surface area contributed by atoms with Gasteiger partial charge in [-0.25, -0.2) is 9.48 Å². The maximum atomic E-state index is 13.5.